The number of esters is 2. The minimum absolute atomic E-state index is 0.0268. The third-order valence-electron chi connectivity index (χ3n) is 23.3. The fourth-order valence-electron chi connectivity index (χ4n) is 17.8. The van der Waals surface area contributed by atoms with E-state index < -0.39 is 248 Å². The number of methoxy groups -OCH3 is 5. The molecule has 113 heavy (non-hydrogen) atoms. The number of hydrogen-bond donors (Lipinski definition) is 10. The highest BCUT2D eigenvalue weighted by molar-refractivity contribution is 6.39. The fourth-order valence-corrected chi connectivity index (χ4v) is 18.3. The van der Waals surface area contributed by atoms with Crippen molar-refractivity contribution in [1.82, 2.24) is 5.32 Å². The number of nitrogens with one attached hydrogen (secondary N) is 1. The van der Waals surface area contributed by atoms with Gasteiger partial charge >= 0.3 is 17.9 Å². The van der Waals surface area contributed by atoms with Crippen molar-refractivity contribution >= 4 is 41.0 Å². The Morgan fingerprint density at radius 1 is 0.637 bits per heavy atom. The van der Waals surface area contributed by atoms with E-state index in [1.54, 1.807) is 55.4 Å². The van der Waals surface area contributed by atoms with Crippen LogP contribution in [-0.2, 0) is 118 Å². The maximum absolute atomic E-state index is 14.5. The van der Waals surface area contributed by atoms with E-state index in [2.05, 4.69) is 5.32 Å². The molecule has 0 unspecified atom stereocenters. The van der Waals surface area contributed by atoms with Gasteiger partial charge in [-0.15, -0.1) is 0 Å². The van der Waals surface area contributed by atoms with E-state index in [1.807, 2.05) is 0 Å². The molecule has 636 valence electrons. The second-order valence-electron chi connectivity index (χ2n) is 31.0. The Morgan fingerprint density at radius 3 is 2.01 bits per heavy atom. The fraction of sp³-hybridized carbons (Fsp3) is 0.795. The Hall–Kier alpha value is -4.49. The standard InChI is InChI=1S/C73H104Cl2N2O36/c1-25-16-33(78)17-34(79)42(25)64(87)103-39-23-97-73(62-55(39)95-24-96-62)110-40-22-94-66(49(83)54(40)111-73)108-68-58(92-14)48(82)53(38(104-68)21-89-11)106-67-50(84)57(52(90-12)30(6)100-67)107-69-59(85)71(10)61(32(8)101-69)112-72(113-71)19-35(80)44(28(4)109-72)36-18-37(102-41-20-70(9,77-63(86)27(3)76)60(93-15)31(7)99-41)51(29(5)98-36)105-65(88)43-26(2)45(74)47(81)46(75)56(43)91-13/h16-17,27-32,35-41,44,48-55,57-62,66-69,78-85H,18-24,76H2,1-15H3,(H,77,86)/t27-,28-,29-,30-,31+,32-,35-,36-,37-,38-,39-,40+,41+,44-,48+,49-,50-,51-,52+,53-,54-,55+,57-,58+,59-,60+,61-,62-,66+,67+,68+,69+,70-,71-,72-,73-/m1/s1. The topological polar surface area (TPSA) is 482 Å². The molecule has 0 bridgehead atoms. The van der Waals surface area contributed by atoms with Crippen LogP contribution in [0.25, 0.3) is 0 Å². The molecular weight excluding hydrogens is 1550 g/mol. The van der Waals surface area contributed by atoms with E-state index in [0.29, 0.717) is 0 Å². The van der Waals surface area contributed by atoms with Crippen LogP contribution in [0.15, 0.2) is 12.1 Å². The van der Waals surface area contributed by atoms with Crippen LogP contribution >= 0.6 is 23.2 Å². The van der Waals surface area contributed by atoms with E-state index in [-0.39, 0.29) is 89.7 Å². The zero-order chi connectivity index (χ0) is 81.7. The van der Waals surface area contributed by atoms with Gasteiger partial charge in [-0.25, -0.2) is 9.59 Å². The van der Waals surface area contributed by atoms with Crippen LogP contribution < -0.4 is 15.8 Å². The molecule has 2 aromatic rings. The number of hydrogen-bond acceptors (Lipinski definition) is 37. The summed E-state index contributed by atoms with van der Waals surface area (Å²) in [5.74, 6) is -8.72. The number of aryl methyl sites for hydroxylation is 1. The van der Waals surface area contributed by atoms with E-state index in [1.165, 1.54) is 55.5 Å². The lowest BCUT2D eigenvalue weighted by atomic mass is 9.81. The third-order valence-corrected chi connectivity index (χ3v) is 24.1. The number of carbonyl (C=O) groups excluding carboxylic acids is 3. The van der Waals surface area contributed by atoms with Crippen molar-refractivity contribution in [3.8, 4) is 23.0 Å². The first-order chi connectivity index (χ1) is 53.5. The summed E-state index contributed by atoms with van der Waals surface area (Å²) >= 11 is 12.9. The second-order valence-corrected chi connectivity index (χ2v) is 31.8. The SMILES string of the molecule is COC[C@H]1O[C@@H](O[C@@H]2OC[C@@H]3O[C@@]4(OC[C@@H](OC(=O)c5c(C)cc(O)cc5O)[C@@H]5OCO[C@H]54)O[C@H]3[C@H]2O)[C@@H](OC)[C@@H](O)[C@@H]1O[C@@H]1O[C@H](C)[C@H](OC)[C@H](O[C@@H]2O[C@H](C)[C@H]3O[C@]4(C[C@@H](O)[C@H]([C@H]5C[C@@H](O[C@H]6C[C@@](C)(NC(=O)[C@@H](C)N)[C@@H](OC)[C@H](C)O6)[C@H](OC(=O)c6c(C)c(Cl)c(O)c(Cl)c6OC)[C@@H](C)O5)[C@@H](C)O4)O[C@]3(C)[C@@H]2O)[C@H]1O. The number of carbonyl (C=O) groups is 3. The predicted molar refractivity (Wildman–Crippen MR) is 376 cm³/mol. The van der Waals surface area contributed by atoms with Gasteiger partial charge in [-0.1, -0.05) is 23.2 Å². The molecule has 13 rings (SSSR count). The lowest BCUT2D eigenvalue weighted by Gasteiger charge is -2.51. The number of aliphatic hydroxyl groups excluding tert-OH is 5. The number of phenols is 3. The van der Waals surface area contributed by atoms with Gasteiger partial charge in [-0.2, -0.15) is 0 Å². The lowest BCUT2D eigenvalue weighted by Crippen LogP contribution is -2.68. The van der Waals surface area contributed by atoms with Gasteiger partial charge in [0, 0.05) is 53.3 Å². The summed E-state index contributed by atoms with van der Waals surface area (Å²) in [5, 5.41) is 95.2. The van der Waals surface area contributed by atoms with Crippen molar-refractivity contribution < 1.29 is 174 Å². The summed E-state index contributed by atoms with van der Waals surface area (Å²) in [4.78, 5) is 41.1. The molecular formula is C73H104Cl2N2O36. The highest BCUT2D eigenvalue weighted by Gasteiger charge is 2.70. The Balaban J connectivity index is 0.660. The number of ether oxygens (including phenoxy) is 25. The van der Waals surface area contributed by atoms with Crippen LogP contribution in [0, 0.1) is 19.8 Å². The van der Waals surface area contributed by atoms with Crippen LogP contribution in [0.1, 0.15) is 106 Å². The Labute approximate surface area is 660 Å². The maximum atomic E-state index is 14.5. The zero-order valence-corrected chi connectivity index (χ0v) is 66.4. The molecule has 11 saturated heterocycles. The first-order valence-electron chi connectivity index (χ1n) is 37.5. The van der Waals surface area contributed by atoms with Crippen molar-refractivity contribution in [3.05, 3.63) is 44.4 Å². The third kappa shape index (κ3) is 16.1. The first-order valence-corrected chi connectivity index (χ1v) is 38.3. The molecule has 11 aliphatic heterocycles. The van der Waals surface area contributed by atoms with Gasteiger partial charge in [0.1, 0.15) is 132 Å². The second kappa shape index (κ2) is 34.0. The summed E-state index contributed by atoms with van der Waals surface area (Å²) < 4.78 is 155. The van der Waals surface area contributed by atoms with Crippen LogP contribution in [0.5, 0.6) is 23.0 Å². The Morgan fingerprint density at radius 2 is 1.34 bits per heavy atom. The molecule has 2 aromatic carbocycles. The number of benzene rings is 2. The smallest absolute Gasteiger partial charge is 0.342 e. The number of nitrogens with two attached hydrogens (primary N) is 1. The van der Waals surface area contributed by atoms with Crippen LogP contribution in [-0.4, -0.2) is 334 Å². The molecule has 11 aliphatic rings. The van der Waals surface area contributed by atoms with Crippen molar-refractivity contribution in [3.63, 3.8) is 0 Å². The number of aromatic hydroxyl groups is 3. The van der Waals surface area contributed by atoms with Crippen molar-refractivity contribution in [2.45, 2.75) is 302 Å². The molecule has 0 aliphatic carbocycles. The van der Waals surface area contributed by atoms with E-state index in [0.717, 1.165) is 6.07 Å². The van der Waals surface area contributed by atoms with E-state index >= 15 is 0 Å². The molecule has 36 atom stereocenters. The lowest BCUT2D eigenvalue weighted by molar-refractivity contribution is -0.407. The number of fused-ring (bicyclic) bond motifs is 4. The zero-order valence-electron chi connectivity index (χ0n) is 64.9. The van der Waals surface area contributed by atoms with Crippen molar-refractivity contribution in [1.29, 1.82) is 0 Å². The van der Waals surface area contributed by atoms with E-state index in [9.17, 15) is 55.2 Å². The van der Waals surface area contributed by atoms with Gasteiger partial charge in [-0.3, -0.25) is 4.79 Å². The van der Waals surface area contributed by atoms with Crippen molar-refractivity contribution in [2.24, 2.45) is 11.7 Å². The molecule has 40 heteroatoms. The molecule has 38 nitrogen and oxygen atoms in total. The van der Waals surface area contributed by atoms with Gasteiger partial charge in [0.15, 0.2) is 61.3 Å². The molecule has 2 spiro atoms. The van der Waals surface area contributed by atoms with Crippen LogP contribution in [0.3, 0.4) is 0 Å². The van der Waals surface area contributed by atoms with Gasteiger partial charge in [-0.05, 0) is 86.4 Å². The summed E-state index contributed by atoms with van der Waals surface area (Å²) in [5.41, 5.74) is 3.17. The van der Waals surface area contributed by atoms with E-state index in [4.69, 9.17) is 147 Å². The normalized spacial score (nSPS) is 45.3. The Bertz CT molecular complexity index is 3690. The number of aliphatic hydroxyl groups is 5. The molecule has 11 fully saturated rings. The van der Waals surface area contributed by atoms with Crippen molar-refractivity contribution in [2.75, 3.05) is 62.2 Å². The molecule has 0 aromatic heterocycles. The van der Waals surface area contributed by atoms with Gasteiger partial charge in [0.25, 0.3) is 5.97 Å². The van der Waals surface area contributed by atoms with Gasteiger partial charge in [0.2, 0.25) is 5.91 Å². The predicted octanol–water partition coefficient (Wildman–Crippen LogP) is 0.722. The maximum Gasteiger partial charge on any atom is 0.342 e. The number of halogens is 2. The summed E-state index contributed by atoms with van der Waals surface area (Å²) in [7, 11) is 6.74. The summed E-state index contributed by atoms with van der Waals surface area (Å²) in [6, 6.07) is 1.41. The number of amides is 1. The van der Waals surface area contributed by atoms with Gasteiger partial charge in [0.05, 0.1) is 92.7 Å². The van der Waals surface area contributed by atoms with Crippen LogP contribution in [0.4, 0.5) is 0 Å². The monoisotopic (exact) mass is 1650 g/mol. The highest BCUT2D eigenvalue weighted by atomic mass is 35.5. The highest BCUT2D eigenvalue weighted by Crippen LogP contribution is 2.54. The number of phenolic OH excluding ortho intramolecular Hbond substituents is 3. The molecule has 1 amide bonds. The average Bonchev–Trinajstić information content (AvgIpc) is 1.58. The first kappa shape index (κ1) is 86.4. The minimum Gasteiger partial charge on any atom is -0.508 e. The Kier molecular flexibility index (Phi) is 26.0. The van der Waals surface area contributed by atoms with Gasteiger partial charge < -0.3 is 170 Å². The summed E-state index contributed by atoms with van der Waals surface area (Å²) in [6.07, 6.45) is -37.4. The largest absolute Gasteiger partial charge is 0.508 e. The molecule has 0 radical (unpaired) electrons. The molecule has 0 saturated carbocycles. The minimum atomic E-state index is -2.03. The van der Waals surface area contributed by atoms with Crippen LogP contribution in [0.2, 0.25) is 10.0 Å². The number of rotatable bonds is 21. The molecule has 11 heterocycles. The molecule has 11 N–H and O–H groups in total. The summed E-state index contributed by atoms with van der Waals surface area (Å²) in [6.45, 7) is 15.1. The average molecular weight is 1660 g/mol. The quantitative estimate of drug-likeness (QED) is 0.0770.